The van der Waals surface area contributed by atoms with E-state index >= 15 is 0 Å². The molecular weight excluding hydrogens is 296 g/mol. The molecule has 1 N–H and O–H groups in total. The van der Waals surface area contributed by atoms with Gasteiger partial charge in [0.2, 0.25) is 0 Å². The molecule has 0 unspecified atom stereocenters. The van der Waals surface area contributed by atoms with Gasteiger partial charge < -0.3 is 5.32 Å². The highest BCUT2D eigenvalue weighted by Crippen LogP contribution is 2.24. The fourth-order valence-electron chi connectivity index (χ4n) is 2.68. The van der Waals surface area contributed by atoms with Crippen LogP contribution in [0.3, 0.4) is 0 Å². The largest absolute Gasteiger partial charge is 0.345 e. The fraction of sp³-hybridized carbons (Fsp3) is 0.333. The van der Waals surface area contributed by atoms with Gasteiger partial charge in [-0.05, 0) is 41.2 Å². The maximum atomic E-state index is 12.6. The Hall–Kier alpha value is -2.60. The number of benzene rings is 2. The monoisotopic (exact) mass is 320 g/mol. The number of carbonyl (C=O) groups is 1. The van der Waals surface area contributed by atoms with Crippen LogP contribution in [0.25, 0.3) is 0 Å². The van der Waals surface area contributed by atoms with Crippen LogP contribution in [-0.2, 0) is 0 Å². The highest BCUT2D eigenvalue weighted by molar-refractivity contribution is 5.94. The second kappa shape index (κ2) is 7.79. The van der Waals surface area contributed by atoms with Crippen LogP contribution in [-0.4, -0.2) is 5.91 Å². The second-order valence-electron chi connectivity index (χ2n) is 6.71. The molecule has 2 aromatic rings. The zero-order valence-electron chi connectivity index (χ0n) is 14.7. The molecule has 0 fully saturated rings. The van der Waals surface area contributed by atoms with Gasteiger partial charge in [0.05, 0.1) is 17.7 Å². The van der Waals surface area contributed by atoms with E-state index in [0.717, 1.165) is 5.56 Å². The van der Waals surface area contributed by atoms with Crippen LogP contribution in [0.1, 0.15) is 66.7 Å². The molecule has 1 amide bonds. The third-order valence-electron chi connectivity index (χ3n) is 4.17. The molecule has 0 saturated carbocycles. The zero-order chi connectivity index (χ0) is 17.7. The zero-order valence-corrected chi connectivity index (χ0v) is 14.7. The molecule has 24 heavy (non-hydrogen) atoms. The van der Waals surface area contributed by atoms with Crippen LogP contribution in [0.5, 0.6) is 0 Å². The van der Waals surface area contributed by atoms with Crippen LogP contribution < -0.4 is 5.32 Å². The molecule has 0 aliphatic rings. The van der Waals surface area contributed by atoms with E-state index in [1.807, 2.05) is 0 Å². The van der Waals surface area contributed by atoms with Crippen molar-refractivity contribution in [2.24, 2.45) is 5.92 Å². The Labute approximate surface area is 144 Å². The Morgan fingerprint density at radius 1 is 1.00 bits per heavy atom. The highest BCUT2D eigenvalue weighted by atomic mass is 16.1. The molecule has 3 nitrogen and oxygen atoms in total. The molecule has 0 radical (unpaired) electrons. The lowest BCUT2D eigenvalue weighted by atomic mass is 9.93. The lowest BCUT2D eigenvalue weighted by Gasteiger charge is -2.23. The van der Waals surface area contributed by atoms with Crippen LogP contribution >= 0.6 is 0 Å². The lowest BCUT2D eigenvalue weighted by Crippen LogP contribution is -2.31. The summed E-state index contributed by atoms with van der Waals surface area (Å²) >= 11 is 0. The van der Waals surface area contributed by atoms with E-state index in [0.29, 0.717) is 17.0 Å². The summed E-state index contributed by atoms with van der Waals surface area (Å²) in [7, 11) is 0. The van der Waals surface area contributed by atoms with Gasteiger partial charge in [0.1, 0.15) is 0 Å². The predicted molar refractivity (Wildman–Crippen MR) is 96.7 cm³/mol. The van der Waals surface area contributed by atoms with Gasteiger partial charge in [0.15, 0.2) is 0 Å². The second-order valence-corrected chi connectivity index (χ2v) is 6.71. The van der Waals surface area contributed by atoms with Gasteiger partial charge in [-0.15, -0.1) is 0 Å². The smallest absolute Gasteiger partial charge is 0.251 e. The van der Waals surface area contributed by atoms with E-state index in [1.165, 1.54) is 5.56 Å². The average molecular weight is 320 g/mol. The van der Waals surface area contributed by atoms with Crippen molar-refractivity contribution < 1.29 is 4.79 Å². The minimum absolute atomic E-state index is 0.0653. The topological polar surface area (TPSA) is 52.9 Å². The van der Waals surface area contributed by atoms with Gasteiger partial charge in [-0.1, -0.05) is 58.0 Å². The molecule has 0 spiro atoms. The van der Waals surface area contributed by atoms with Crippen molar-refractivity contribution in [2.75, 3.05) is 0 Å². The van der Waals surface area contributed by atoms with Crippen LogP contribution in [0.4, 0.5) is 0 Å². The maximum absolute atomic E-state index is 12.6. The van der Waals surface area contributed by atoms with Crippen molar-refractivity contribution in [3.05, 3.63) is 70.8 Å². The van der Waals surface area contributed by atoms with Gasteiger partial charge in [-0.25, -0.2) is 0 Å². The fourth-order valence-corrected chi connectivity index (χ4v) is 2.68. The van der Waals surface area contributed by atoms with Crippen LogP contribution in [0, 0.1) is 17.2 Å². The van der Waals surface area contributed by atoms with Crippen molar-refractivity contribution in [2.45, 2.75) is 39.7 Å². The third-order valence-corrected chi connectivity index (χ3v) is 4.17. The minimum atomic E-state index is -0.154. The molecular formula is C21H24N2O. The number of nitrogens with zero attached hydrogens (tertiary/aromatic N) is 1. The number of rotatable bonds is 5. The van der Waals surface area contributed by atoms with E-state index in [1.54, 1.807) is 24.3 Å². The molecule has 0 heterocycles. The molecule has 0 saturated heterocycles. The van der Waals surface area contributed by atoms with E-state index in [4.69, 9.17) is 5.26 Å². The van der Waals surface area contributed by atoms with Gasteiger partial charge in [-0.2, -0.15) is 5.26 Å². The standard InChI is InChI=1S/C21H24N2O/c1-14(2)17-8-10-18(11-9-17)20(15(3)4)23-21(24)19-7-5-6-16(12-19)13-22/h5-12,14-15,20H,1-4H3,(H,23,24)/t20-/m0/s1. The van der Waals surface area contributed by atoms with E-state index in [9.17, 15) is 4.79 Å². The van der Waals surface area contributed by atoms with Gasteiger partial charge >= 0.3 is 0 Å². The first-order chi connectivity index (χ1) is 11.4. The summed E-state index contributed by atoms with van der Waals surface area (Å²) in [5.41, 5.74) is 3.39. The van der Waals surface area contributed by atoms with E-state index < -0.39 is 0 Å². The number of hydrogen-bond donors (Lipinski definition) is 1. The van der Waals surface area contributed by atoms with Gasteiger partial charge in [0.25, 0.3) is 5.91 Å². The van der Waals surface area contributed by atoms with Gasteiger partial charge in [-0.3, -0.25) is 4.79 Å². The van der Waals surface area contributed by atoms with Crippen LogP contribution in [0.15, 0.2) is 48.5 Å². The molecule has 0 aliphatic heterocycles. The molecule has 0 aromatic heterocycles. The molecule has 0 aliphatic carbocycles. The number of nitriles is 1. The van der Waals surface area contributed by atoms with E-state index in [2.05, 4.69) is 63.3 Å². The van der Waals surface area contributed by atoms with E-state index in [-0.39, 0.29) is 17.9 Å². The summed E-state index contributed by atoms with van der Waals surface area (Å²) in [6.07, 6.45) is 0. The molecule has 3 heteroatoms. The number of carbonyl (C=O) groups excluding carboxylic acids is 1. The van der Waals surface area contributed by atoms with Crippen molar-refractivity contribution in [1.29, 1.82) is 5.26 Å². The summed E-state index contributed by atoms with van der Waals surface area (Å²) < 4.78 is 0. The Kier molecular flexibility index (Phi) is 5.76. The number of nitrogens with one attached hydrogen (secondary N) is 1. The third kappa shape index (κ3) is 4.23. The maximum Gasteiger partial charge on any atom is 0.251 e. The molecule has 2 aromatic carbocycles. The van der Waals surface area contributed by atoms with Gasteiger partial charge in [0, 0.05) is 5.56 Å². The Bertz CT molecular complexity index is 739. The van der Waals surface area contributed by atoms with Crippen molar-refractivity contribution in [3.8, 4) is 6.07 Å². The number of amides is 1. The Morgan fingerprint density at radius 3 is 2.17 bits per heavy atom. The first kappa shape index (κ1) is 17.7. The molecule has 2 rings (SSSR count). The first-order valence-electron chi connectivity index (χ1n) is 8.33. The number of hydrogen-bond acceptors (Lipinski definition) is 2. The Morgan fingerprint density at radius 2 is 1.62 bits per heavy atom. The quantitative estimate of drug-likeness (QED) is 0.859. The first-order valence-corrected chi connectivity index (χ1v) is 8.33. The summed E-state index contributed by atoms with van der Waals surface area (Å²) in [5, 5.41) is 12.1. The molecule has 124 valence electrons. The molecule has 1 atom stereocenters. The average Bonchev–Trinajstić information content (AvgIpc) is 2.59. The normalized spacial score (nSPS) is 12.0. The Balaban J connectivity index is 2.22. The molecule has 0 bridgehead atoms. The SMILES string of the molecule is CC(C)c1ccc([C@@H](NC(=O)c2cccc(C#N)c2)C(C)C)cc1. The summed E-state index contributed by atoms with van der Waals surface area (Å²) in [5.74, 6) is 0.594. The lowest BCUT2D eigenvalue weighted by molar-refractivity contribution is 0.0925. The van der Waals surface area contributed by atoms with Crippen molar-refractivity contribution in [1.82, 2.24) is 5.32 Å². The predicted octanol–water partition coefficient (Wildman–Crippen LogP) is 4.81. The minimum Gasteiger partial charge on any atom is -0.345 e. The highest BCUT2D eigenvalue weighted by Gasteiger charge is 2.19. The van der Waals surface area contributed by atoms with Crippen LogP contribution in [0.2, 0.25) is 0 Å². The summed E-state index contributed by atoms with van der Waals surface area (Å²) in [6, 6.07) is 17.2. The van der Waals surface area contributed by atoms with Crippen molar-refractivity contribution in [3.63, 3.8) is 0 Å². The summed E-state index contributed by atoms with van der Waals surface area (Å²) in [6.45, 7) is 8.51. The summed E-state index contributed by atoms with van der Waals surface area (Å²) in [4.78, 5) is 12.6. The van der Waals surface area contributed by atoms with Crippen molar-refractivity contribution >= 4 is 5.91 Å².